The Hall–Kier alpha value is -0.870. The zero-order chi connectivity index (χ0) is 13.2. The first kappa shape index (κ1) is 13.1. The quantitative estimate of drug-likeness (QED) is 0.876. The summed E-state index contributed by atoms with van der Waals surface area (Å²) >= 11 is 3.53. The fourth-order valence-electron chi connectivity index (χ4n) is 3.07. The van der Waals surface area contributed by atoms with E-state index in [4.69, 9.17) is 0 Å². The van der Waals surface area contributed by atoms with Crippen LogP contribution in [0.4, 0.5) is 0 Å². The first-order valence-corrected chi connectivity index (χ1v) is 7.80. The maximum absolute atomic E-state index is 11.2. The van der Waals surface area contributed by atoms with Gasteiger partial charge in [-0.3, -0.25) is 4.79 Å². The van der Waals surface area contributed by atoms with Crippen LogP contribution in [0.25, 0.3) is 0 Å². The lowest BCUT2D eigenvalue weighted by Gasteiger charge is -2.32. The van der Waals surface area contributed by atoms with Gasteiger partial charge in [0, 0.05) is 29.5 Å². The summed E-state index contributed by atoms with van der Waals surface area (Å²) in [5, 5.41) is 6.65. The predicted molar refractivity (Wildman–Crippen MR) is 79.1 cm³/mol. The van der Waals surface area contributed by atoms with E-state index in [1.54, 1.807) is 0 Å². The van der Waals surface area contributed by atoms with Crippen molar-refractivity contribution < 1.29 is 4.79 Å². The average Bonchev–Trinajstić information content (AvgIpc) is 2.42. The SMILES string of the molecule is O=C1CCC(NC2CCc3cc(Br)ccc3C2)CN1. The highest BCUT2D eigenvalue weighted by Gasteiger charge is 2.24. The standard InChI is InChI=1S/C15H19BrN2O/c16-12-3-1-11-8-13(4-2-10(11)7-12)18-14-5-6-15(19)17-9-14/h1,3,7,13-14,18H,2,4-6,8-9H2,(H,17,19). The van der Waals surface area contributed by atoms with Crippen molar-refractivity contribution in [2.45, 2.75) is 44.2 Å². The molecule has 2 N–H and O–H groups in total. The molecule has 19 heavy (non-hydrogen) atoms. The normalized spacial score (nSPS) is 26.7. The Kier molecular flexibility index (Phi) is 3.89. The maximum Gasteiger partial charge on any atom is 0.220 e. The summed E-state index contributed by atoms with van der Waals surface area (Å²) in [6, 6.07) is 7.60. The molecule has 0 spiro atoms. The minimum Gasteiger partial charge on any atom is -0.355 e. The van der Waals surface area contributed by atoms with Gasteiger partial charge in [-0.2, -0.15) is 0 Å². The molecule has 3 nitrogen and oxygen atoms in total. The average molecular weight is 323 g/mol. The molecule has 0 bridgehead atoms. The fourth-order valence-corrected chi connectivity index (χ4v) is 3.48. The summed E-state index contributed by atoms with van der Waals surface area (Å²) in [6.07, 6.45) is 5.07. The molecule has 1 saturated heterocycles. The van der Waals surface area contributed by atoms with Crippen LogP contribution in [-0.2, 0) is 17.6 Å². The lowest BCUT2D eigenvalue weighted by Crippen LogP contribution is -2.50. The maximum atomic E-state index is 11.2. The van der Waals surface area contributed by atoms with Crippen LogP contribution < -0.4 is 10.6 Å². The first-order valence-electron chi connectivity index (χ1n) is 7.01. The lowest BCUT2D eigenvalue weighted by molar-refractivity contribution is -0.122. The van der Waals surface area contributed by atoms with Crippen LogP contribution in [0.3, 0.4) is 0 Å². The number of carbonyl (C=O) groups is 1. The van der Waals surface area contributed by atoms with E-state index in [1.807, 2.05) is 0 Å². The van der Waals surface area contributed by atoms with Gasteiger partial charge in [-0.05, 0) is 48.9 Å². The van der Waals surface area contributed by atoms with Gasteiger partial charge in [0.2, 0.25) is 5.91 Å². The van der Waals surface area contributed by atoms with E-state index in [1.165, 1.54) is 22.0 Å². The molecule has 0 aromatic heterocycles. The van der Waals surface area contributed by atoms with Crippen LogP contribution >= 0.6 is 15.9 Å². The summed E-state index contributed by atoms with van der Waals surface area (Å²) in [5.41, 5.74) is 2.94. The van der Waals surface area contributed by atoms with Crippen molar-refractivity contribution in [3.05, 3.63) is 33.8 Å². The third-order valence-corrected chi connectivity index (χ3v) is 4.63. The van der Waals surface area contributed by atoms with Gasteiger partial charge in [-0.1, -0.05) is 22.0 Å². The third-order valence-electron chi connectivity index (χ3n) is 4.13. The molecule has 102 valence electrons. The second-order valence-electron chi connectivity index (χ2n) is 5.56. The number of fused-ring (bicyclic) bond motifs is 1. The van der Waals surface area contributed by atoms with Crippen molar-refractivity contribution in [3.8, 4) is 0 Å². The number of amides is 1. The third kappa shape index (κ3) is 3.18. The van der Waals surface area contributed by atoms with Crippen molar-refractivity contribution in [2.24, 2.45) is 0 Å². The van der Waals surface area contributed by atoms with E-state index in [9.17, 15) is 4.79 Å². The fraction of sp³-hybridized carbons (Fsp3) is 0.533. The number of rotatable bonds is 2. The number of halogens is 1. The molecule has 1 aromatic rings. The minimum atomic E-state index is 0.192. The second-order valence-corrected chi connectivity index (χ2v) is 6.47. The molecule has 1 fully saturated rings. The van der Waals surface area contributed by atoms with Crippen LogP contribution in [0.5, 0.6) is 0 Å². The van der Waals surface area contributed by atoms with Gasteiger partial charge < -0.3 is 10.6 Å². The van der Waals surface area contributed by atoms with Crippen molar-refractivity contribution in [1.82, 2.24) is 10.6 Å². The van der Waals surface area contributed by atoms with Gasteiger partial charge in [-0.15, -0.1) is 0 Å². The molecule has 2 unspecified atom stereocenters. The van der Waals surface area contributed by atoms with Crippen LogP contribution in [0.2, 0.25) is 0 Å². The number of nitrogens with one attached hydrogen (secondary N) is 2. The molecule has 2 atom stereocenters. The number of aryl methyl sites for hydroxylation is 1. The molecule has 3 rings (SSSR count). The van der Waals surface area contributed by atoms with Crippen molar-refractivity contribution >= 4 is 21.8 Å². The Morgan fingerprint density at radius 2 is 2.00 bits per heavy atom. The molecular weight excluding hydrogens is 304 g/mol. The predicted octanol–water partition coefficient (Wildman–Crippen LogP) is 2.17. The molecule has 1 heterocycles. The van der Waals surface area contributed by atoms with E-state index in [-0.39, 0.29) is 5.91 Å². The number of benzene rings is 1. The number of hydrogen-bond acceptors (Lipinski definition) is 2. The van der Waals surface area contributed by atoms with E-state index >= 15 is 0 Å². The van der Waals surface area contributed by atoms with E-state index in [2.05, 4.69) is 44.8 Å². The van der Waals surface area contributed by atoms with Gasteiger partial charge in [-0.25, -0.2) is 0 Å². The van der Waals surface area contributed by atoms with Crippen LogP contribution in [0, 0.1) is 0 Å². The Labute approximate surface area is 122 Å². The van der Waals surface area contributed by atoms with E-state index in [0.29, 0.717) is 18.5 Å². The highest BCUT2D eigenvalue weighted by atomic mass is 79.9. The summed E-state index contributed by atoms with van der Waals surface area (Å²) in [7, 11) is 0. The summed E-state index contributed by atoms with van der Waals surface area (Å²) in [5.74, 6) is 0.192. The van der Waals surface area contributed by atoms with Gasteiger partial charge >= 0.3 is 0 Å². The van der Waals surface area contributed by atoms with Crippen LogP contribution in [0.15, 0.2) is 22.7 Å². The molecule has 4 heteroatoms. The molecular formula is C15H19BrN2O. The lowest BCUT2D eigenvalue weighted by atomic mass is 9.87. The second kappa shape index (κ2) is 5.63. The van der Waals surface area contributed by atoms with E-state index in [0.717, 1.165) is 25.8 Å². The topological polar surface area (TPSA) is 41.1 Å². The Bertz CT molecular complexity index is 479. The van der Waals surface area contributed by atoms with Crippen molar-refractivity contribution in [1.29, 1.82) is 0 Å². The highest BCUT2D eigenvalue weighted by Crippen LogP contribution is 2.25. The molecule has 0 saturated carbocycles. The van der Waals surface area contributed by atoms with Crippen LogP contribution in [0.1, 0.15) is 30.4 Å². The summed E-state index contributed by atoms with van der Waals surface area (Å²) < 4.78 is 1.17. The largest absolute Gasteiger partial charge is 0.355 e. The van der Waals surface area contributed by atoms with Crippen LogP contribution in [-0.4, -0.2) is 24.5 Å². The number of carbonyl (C=O) groups excluding carboxylic acids is 1. The summed E-state index contributed by atoms with van der Waals surface area (Å²) in [6.45, 7) is 0.780. The number of piperidine rings is 1. The molecule has 1 aliphatic heterocycles. The Morgan fingerprint density at radius 3 is 2.79 bits per heavy atom. The van der Waals surface area contributed by atoms with Crippen molar-refractivity contribution in [2.75, 3.05) is 6.54 Å². The molecule has 1 aromatic carbocycles. The van der Waals surface area contributed by atoms with Gasteiger partial charge in [0.05, 0.1) is 0 Å². The van der Waals surface area contributed by atoms with Gasteiger partial charge in [0.15, 0.2) is 0 Å². The Morgan fingerprint density at radius 1 is 1.16 bits per heavy atom. The zero-order valence-corrected chi connectivity index (χ0v) is 12.5. The highest BCUT2D eigenvalue weighted by molar-refractivity contribution is 9.10. The molecule has 1 aliphatic carbocycles. The molecule has 1 amide bonds. The zero-order valence-electron chi connectivity index (χ0n) is 10.9. The number of hydrogen-bond donors (Lipinski definition) is 2. The van der Waals surface area contributed by atoms with Gasteiger partial charge in [0.25, 0.3) is 0 Å². The van der Waals surface area contributed by atoms with E-state index < -0.39 is 0 Å². The Balaban J connectivity index is 1.59. The first-order chi connectivity index (χ1) is 9.20. The monoisotopic (exact) mass is 322 g/mol. The molecule has 2 aliphatic rings. The van der Waals surface area contributed by atoms with Crippen molar-refractivity contribution in [3.63, 3.8) is 0 Å². The minimum absolute atomic E-state index is 0.192. The van der Waals surface area contributed by atoms with Gasteiger partial charge in [0.1, 0.15) is 0 Å². The smallest absolute Gasteiger partial charge is 0.220 e. The molecule has 0 radical (unpaired) electrons. The summed E-state index contributed by atoms with van der Waals surface area (Å²) in [4.78, 5) is 11.2.